The summed E-state index contributed by atoms with van der Waals surface area (Å²) in [4.78, 5) is 16.0. The van der Waals surface area contributed by atoms with Crippen molar-refractivity contribution in [1.82, 2.24) is 4.98 Å². The van der Waals surface area contributed by atoms with Crippen LogP contribution in [0.1, 0.15) is 18.5 Å². The molecule has 3 aromatic rings. The lowest BCUT2D eigenvalue weighted by atomic mass is 10.0. The predicted molar refractivity (Wildman–Crippen MR) is 85.2 cm³/mol. The lowest BCUT2D eigenvalue weighted by Crippen LogP contribution is -2.18. The Hall–Kier alpha value is -2.68. The minimum atomic E-state index is -0.328. The van der Waals surface area contributed by atoms with E-state index < -0.39 is 0 Å². The predicted octanol–water partition coefficient (Wildman–Crippen LogP) is 3.98. The summed E-state index contributed by atoms with van der Waals surface area (Å²) in [6.45, 7) is 1.61. The Morgan fingerprint density at radius 1 is 1.05 bits per heavy atom. The van der Waals surface area contributed by atoms with Gasteiger partial charge in [0.1, 0.15) is 6.04 Å². The molecule has 1 N–H and O–H groups in total. The fourth-order valence-electron chi connectivity index (χ4n) is 2.40. The summed E-state index contributed by atoms with van der Waals surface area (Å²) in [7, 11) is 0. The number of nitrogens with zero attached hydrogens (tertiary/aromatic N) is 1. The van der Waals surface area contributed by atoms with Crippen LogP contribution in [-0.4, -0.2) is 10.8 Å². The van der Waals surface area contributed by atoms with Crippen molar-refractivity contribution in [3.63, 3.8) is 0 Å². The number of carbonyl (C=O) groups is 1. The van der Waals surface area contributed by atoms with Gasteiger partial charge >= 0.3 is 0 Å². The van der Waals surface area contributed by atoms with Gasteiger partial charge in [-0.1, -0.05) is 36.4 Å². The molecule has 1 aromatic heterocycles. The number of carbonyl (C=O) groups excluding carboxylic acids is 1. The molecule has 1 heterocycles. The first kappa shape index (κ1) is 13.3. The van der Waals surface area contributed by atoms with Gasteiger partial charge in [0.15, 0.2) is 5.78 Å². The van der Waals surface area contributed by atoms with Crippen molar-refractivity contribution in [1.29, 1.82) is 0 Å². The Balaban J connectivity index is 1.93. The fourth-order valence-corrected chi connectivity index (χ4v) is 2.40. The summed E-state index contributed by atoms with van der Waals surface area (Å²) in [5.74, 6) is 0.0935. The van der Waals surface area contributed by atoms with Gasteiger partial charge in [-0.3, -0.25) is 9.78 Å². The minimum absolute atomic E-state index is 0.0935. The molecular weight excluding hydrogens is 260 g/mol. The van der Waals surface area contributed by atoms with E-state index in [0.29, 0.717) is 0 Å². The van der Waals surface area contributed by atoms with Crippen molar-refractivity contribution in [2.45, 2.75) is 13.0 Å². The molecule has 3 nitrogen and oxygen atoms in total. The number of aromatic nitrogens is 1. The zero-order chi connectivity index (χ0) is 14.7. The van der Waals surface area contributed by atoms with Crippen molar-refractivity contribution in [3.8, 4) is 0 Å². The molecule has 2 aromatic carbocycles. The van der Waals surface area contributed by atoms with Crippen molar-refractivity contribution < 1.29 is 4.79 Å². The molecule has 0 radical (unpaired) electrons. The van der Waals surface area contributed by atoms with Crippen LogP contribution in [0.3, 0.4) is 0 Å². The fraction of sp³-hybridized carbons (Fsp3) is 0.111. The first-order valence-corrected chi connectivity index (χ1v) is 6.90. The van der Waals surface area contributed by atoms with E-state index in [1.807, 2.05) is 60.8 Å². The SMILES string of the molecule is CC(=O)C(Nc1ccc2cnccc2c1)c1ccccc1. The summed E-state index contributed by atoms with van der Waals surface area (Å²) in [6.07, 6.45) is 3.60. The molecule has 0 saturated heterocycles. The van der Waals surface area contributed by atoms with Crippen LogP contribution in [0, 0.1) is 0 Å². The monoisotopic (exact) mass is 276 g/mol. The quantitative estimate of drug-likeness (QED) is 0.783. The molecule has 3 heteroatoms. The molecular formula is C18H16N2O. The van der Waals surface area contributed by atoms with Crippen LogP contribution in [0.15, 0.2) is 67.0 Å². The van der Waals surface area contributed by atoms with E-state index >= 15 is 0 Å². The maximum absolute atomic E-state index is 11.9. The lowest BCUT2D eigenvalue weighted by Gasteiger charge is -2.18. The third-order valence-corrected chi connectivity index (χ3v) is 3.49. The van der Waals surface area contributed by atoms with Crippen molar-refractivity contribution in [3.05, 3.63) is 72.6 Å². The molecule has 0 bridgehead atoms. The van der Waals surface area contributed by atoms with Crippen LogP contribution >= 0.6 is 0 Å². The standard InChI is InChI=1S/C18H16N2O/c1-13(21)18(14-5-3-2-4-6-14)20-17-8-7-16-12-19-10-9-15(16)11-17/h2-12,18,20H,1H3. The van der Waals surface area contributed by atoms with Crippen LogP contribution < -0.4 is 5.32 Å². The summed E-state index contributed by atoms with van der Waals surface area (Å²) in [6, 6.07) is 17.4. The summed E-state index contributed by atoms with van der Waals surface area (Å²) in [5.41, 5.74) is 1.90. The van der Waals surface area contributed by atoms with Crippen LogP contribution in [0.5, 0.6) is 0 Å². The Bertz CT molecular complexity index is 768. The van der Waals surface area contributed by atoms with Crippen LogP contribution in [0.25, 0.3) is 10.8 Å². The number of rotatable bonds is 4. The number of ketones is 1. The average molecular weight is 276 g/mol. The Kier molecular flexibility index (Phi) is 3.65. The van der Waals surface area contributed by atoms with E-state index in [-0.39, 0.29) is 11.8 Å². The van der Waals surface area contributed by atoms with Gasteiger partial charge < -0.3 is 5.32 Å². The van der Waals surface area contributed by atoms with Gasteiger partial charge in [0.25, 0.3) is 0 Å². The number of anilines is 1. The van der Waals surface area contributed by atoms with Crippen LogP contribution in [0.2, 0.25) is 0 Å². The van der Waals surface area contributed by atoms with E-state index in [1.54, 1.807) is 13.1 Å². The van der Waals surface area contributed by atoms with E-state index in [0.717, 1.165) is 22.0 Å². The third kappa shape index (κ3) is 2.92. The molecule has 1 atom stereocenters. The van der Waals surface area contributed by atoms with Crippen molar-refractivity contribution in [2.24, 2.45) is 0 Å². The molecule has 0 aliphatic rings. The third-order valence-electron chi connectivity index (χ3n) is 3.49. The van der Waals surface area contributed by atoms with E-state index in [2.05, 4.69) is 10.3 Å². The van der Waals surface area contributed by atoms with Crippen molar-refractivity contribution in [2.75, 3.05) is 5.32 Å². The number of hydrogen-bond acceptors (Lipinski definition) is 3. The zero-order valence-electron chi connectivity index (χ0n) is 11.8. The van der Waals surface area contributed by atoms with E-state index in [1.165, 1.54) is 0 Å². The number of fused-ring (bicyclic) bond motifs is 1. The normalized spacial score (nSPS) is 12.0. The second-order valence-electron chi connectivity index (χ2n) is 5.04. The molecule has 3 rings (SSSR count). The maximum Gasteiger partial charge on any atom is 0.156 e. The smallest absolute Gasteiger partial charge is 0.156 e. The van der Waals surface area contributed by atoms with E-state index in [9.17, 15) is 4.79 Å². The largest absolute Gasteiger partial charge is 0.372 e. The van der Waals surface area contributed by atoms with Gasteiger partial charge in [0, 0.05) is 23.5 Å². The van der Waals surface area contributed by atoms with Crippen LogP contribution in [0.4, 0.5) is 5.69 Å². The molecule has 0 spiro atoms. The zero-order valence-corrected chi connectivity index (χ0v) is 11.8. The highest BCUT2D eigenvalue weighted by Crippen LogP contribution is 2.23. The van der Waals surface area contributed by atoms with Gasteiger partial charge in [-0.05, 0) is 36.1 Å². The highest BCUT2D eigenvalue weighted by molar-refractivity contribution is 5.88. The van der Waals surface area contributed by atoms with Gasteiger partial charge in [-0.2, -0.15) is 0 Å². The Morgan fingerprint density at radius 2 is 1.86 bits per heavy atom. The molecule has 0 fully saturated rings. The summed E-state index contributed by atoms with van der Waals surface area (Å²) >= 11 is 0. The highest BCUT2D eigenvalue weighted by Gasteiger charge is 2.16. The first-order chi connectivity index (χ1) is 10.2. The van der Waals surface area contributed by atoms with Gasteiger partial charge in [-0.15, -0.1) is 0 Å². The lowest BCUT2D eigenvalue weighted by molar-refractivity contribution is -0.117. The maximum atomic E-state index is 11.9. The van der Waals surface area contributed by atoms with Crippen molar-refractivity contribution >= 4 is 22.2 Å². The topological polar surface area (TPSA) is 42.0 Å². The number of Topliss-reactive ketones (excluding diaryl/α,β-unsaturated/α-hetero) is 1. The number of benzene rings is 2. The van der Waals surface area contributed by atoms with E-state index in [4.69, 9.17) is 0 Å². The molecule has 0 saturated carbocycles. The van der Waals surface area contributed by atoms with Gasteiger partial charge in [0.2, 0.25) is 0 Å². The molecule has 21 heavy (non-hydrogen) atoms. The number of pyridine rings is 1. The average Bonchev–Trinajstić information content (AvgIpc) is 2.53. The number of nitrogens with one attached hydrogen (secondary N) is 1. The molecule has 0 aliphatic carbocycles. The minimum Gasteiger partial charge on any atom is -0.372 e. The second kappa shape index (κ2) is 5.75. The second-order valence-corrected chi connectivity index (χ2v) is 5.04. The summed E-state index contributed by atoms with van der Waals surface area (Å²) in [5, 5.41) is 5.50. The first-order valence-electron chi connectivity index (χ1n) is 6.90. The van der Waals surface area contributed by atoms with Gasteiger partial charge in [0.05, 0.1) is 0 Å². The molecule has 1 unspecified atom stereocenters. The molecule has 0 amide bonds. The highest BCUT2D eigenvalue weighted by atomic mass is 16.1. The van der Waals surface area contributed by atoms with Crippen LogP contribution in [-0.2, 0) is 4.79 Å². The Morgan fingerprint density at radius 3 is 2.62 bits per heavy atom. The molecule has 104 valence electrons. The molecule has 0 aliphatic heterocycles. The summed E-state index contributed by atoms with van der Waals surface area (Å²) < 4.78 is 0. The number of hydrogen-bond donors (Lipinski definition) is 1. The van der Waals surface area contributed by atoms with Gasteiger partial charge in [-0.25, -0.2) is 0 Å². The Labute approximate surface area is 123 Å².